The molecule has 0 heterocycles. The molecular formula is C27H29FO6. The van der Waals surface area contributed by atoms with Crippen molar-refractivity contribution >= 4 is 11.9 Å². The smallest absolute Gasteiger partial charge is 0.333 e. The lowest BCUT2D eigenvalue weighted by Crippen LogP contribution is -2.20. The Morgan fingerprint density at radius 2 is 1.38 bits per heavy atom. The normalized spacial score (nSPS) is 11.5. The molecule has 0 aliphatic heterocycles. The highest BCUT2D eigenvalue weighted by atomic mass is 19.1. The van der Waals surface area contributed by atoms with Gasteiger partial charge in [-0.25, -0.2) is 14.0 Å². The van der Waals surface area contributed by atoms with Crippen LogP contribution in [0.2, 0.25) is 0 Å². The molecule has 0 bridgehead atoms. The van der Waals surface area contributed by atoms with E-state index in [4.69, 9.17) is 14.2 Å². The van der Waals surface area contributed by atoms with Crippen molar-refractivity contribution in [2.75, 3.05) is 13.2 Å². The van der Waals surface area contributed by atoms with Crippen LogP contribution in [0.25, 0.3) is 11.1 Å². The van der Waals surface area contributed by atoms with Crippen molar-refractivity contribution in [3.8, 4) is 16.9 Å². The molecule has 6 nitrogen and oxygen atoms in total. The molecule has 0 amide bonds. The van der Waals surface area contributed by atoms with Crippen LogP contribution in [0, 0.1) is 5.82 Å². The highest BCUT2D eigenvalue weighted by Crippen LogP contribution is 2.28. The summed E-state index contributed by atoms with van der Waals surface area (Å²) in [6, 6.07) is 11.5. The third kappa shape index (κ3) is 7.42. The minimum atomic E-state index is -1.30. The Balaban J connectivity index is 2.20. The van der Waals surface area contributed by atoms with Crippen molar-refractivity contribution in [1.82, 2.24) is 0 Å². The zero-order valence-corrected chi connectivity index (χ0v) is 19.6. The van der Waals surface area contributed by atoms with Gasteiger partial charge in [-0.15, -0.1) is 0 Å². The van der Waals surface area contributed by atoms with Crippen LogP contribution in [0.3, 0.4) is 0 Å². The Kier molecular flexibility index (Phi) is 9.33. The van der Waals surface area contributed by atoms with E-state index in [-0.39, 0.29) is 30.1 Å². The Morgan fingerprint density at radius 3 is 1.82 bits per heavy atom. The number of aliphatic hydroxyl groups excluding tert-OH is 1. The van der Waals surface area contributed by atoms with Crippen LogP contribution in [0.4, 0.5) is 4.39 Å². The van der Waals surface area contributed by atoms with Gasteiger partial charge in [0.25, 0.3) is 0 Å². The first kappa shape index (κ1) is 26.5. The summed E-state index contributed by atoms with van der Waals surface area (Å²) in [6.07, 6.45) is -1.30. The molecule has 2 aromatic carbocycles. The van der Waals surface area contributed by atoms with Crippen LogP contribution >= 0.6 is 0 Å². The van der Waals surface area contributed by atoms with E-state index in [9.17, 15) is 19.1 Å². The van der Waals surface area contributed by atoms with Crippen LogP contribution in [0.5, 0.6) is 5.75 Å². The summed E-state index contributed by atoms with van der Waals surface area (Å²) in [4.78, 5) is 23.6. The Morgan fingerprint density at radius 1 is 0.882 bits per heavy atom. The first-order valence-corrected chi connectivity index (χ1v) is 10.5. The summed E-state index contributed by atoms with van der Waals surface area (Å²) in [5, 5.41) is 9.73. The standard InChI is InChI=1S/C27H29FO6/c1-16(2)25(29)32-14-22(15-33-26(30)17(3)4)20-9-7-19(8-10-20)21-11-12-24(23(28)13-21)34-27(31)18(5)6/h7-13,22,27,31H,1,3,5,14-15H2,2,4,6H3. The predicted octanol–water partition coefficient (Wildman–Crippen LogP) is 5.09. The van der Waals surface area contributed by atoms with Crippen LogP contribution in [-0.4, -0.2) is 36.5 Å². The van der Waals surface area contributed by atoms with Gasteiger partial charge in [0.15, 0.2) is 11.6 Å². The van der Waals surface area contributed by atoms with E-state index in [1.165, 1.54) is 12.1 Å². The molecule has 1 unspecified atom stereocenters. The molecule has 0 aliphatic rings. The van der Waals surface area contributed by atoms with Crippen molar-refractivity contribution < 1.29 is 33.3 Å². The Hall–Kier alpha value is -3.71. The first-order valence-electron chi connectivity index (χ1n) is 10.5. The number of carbonyl (C=O) groups is 2. The fourth-order valence-corrected chi connectivity index (χ4v) is 2.78. The van der Waals surface area contributed by atoms with Gasteiger partial charge in [-0.2, -0.15) is 0 Å². The molecule has 0 fully saturated rings. The predicted molar refractivity (Wildman–Crippen MR) is 128 cm³/mol. The van der Waals surface area contributed by atoms with Gasteiger partial charge in [-0.1, -0.05) is 50.1 Å². The molecule has 0 spiro atoms. The number of hydrogen-bond donors (Lipinski definition) is 1. The number of hydrogen-bond acceptors (Lipinski definition) is 6. The number of carbonyl (C=O) groups excluding carboxylic acids is 2. The number of halogens is 1. The van der Waals surface area contributed by atoms with Crippen LogP contribution in [-0.2, 0) is 19.1 Å². The van der Waals surface area contributed by atoms with Gasteiger partial charge in [0.1, 0.15) is 13.2 Å². The number of rotatable bonds is 11. The summed E-state index contributed by atoms with van der Waals surface area (Å²) in [6.45, 7) is 15.3. The molecule has 1 atom stereocenters. The maximum absolute atomic E-state index is 14.5. The highest BCUT2D eigenvalue weighted by Gasteiger charge is 2.18. The molecule has 0 saturated carbocycles. The van der Waals surface area contributed by atoms with Crippen molar-refractivity contribution in [3.63, 3.8) is 0 Å². The largest absolute Gasteiger partial charge is 0.462 e. The van der Waals surface area contributed by atoms with Crippen molar-refractivity contribution in [2.45, 2.75) is 33.0 Å². The molecule has 2 rings (SSSR count). The molecule has 7 heteroatoms. The maximum Gasteiger partial charge on any atom is 0.333 e. The molecule has 0 aromatic heterocycles. The zero-order chi connectivity index (χ0) is 25.4. The van der Waals surface area contributed by atoms with E-state index in [0.717, 1.165) is 11.1 Å². The van der Waals surface area contributed by atoms with Crippen molar-refractivity contribution in [1.29, 1.82) is 0 Å². The summed E-state index contributed by atoms with van der Waals surface area (Å²) in [5.41, 5.74) is 2.97. The van der Waals surface area contributed by atoms with Gasteiger partial charge in [0.2, 0.25) is 6.29 Å². The highest BCUT2D eigenvalue weighted by molar-refractivity contribution is 5.87. The van der Waals surface area contributed by atoms with E-state index in [1.807, 2.05) is 0 Å². The third-order valence-electron chi connectivity index (χ3n) is 4.84. The fraction of sp³-hybridized carbons (Fsp3) is 0.259. The lowest BCUT2D eigenvalue weighted by molar-refractivity contribution is -0.142. The van der Waals surface area contributed by atoms with Gasteiger partial charge < -0.3 is 19.3 Å². The SMILES string of the molecule is C=C(C)C(=O)OCC(COC(=O)C(=C)C)c1ccc(-c2ccc(OC(O)C(=C)C)c(F)c2)cc1. The van der Waals surface area contributed by atoms with Gasteiger partial charge >= 0.3 is 11.9 Å². The minimum absolute atomic E-state index is 0.0137. The van der Waals surface area contributed by atoms with Gasteiger partial charge in [0.05, 0.1) is 5.92 Å². The molecule has 0 radical (unpaired) electrons. The average Bonchev–Trinajstić information content (AvgIpc) is 2.79. The molecule has 34 heavy (non-hydrogen) atoms. The molecule has 2 aromatic rings. The fourth-order valence-electron chi connectivity index (χ4n) is 2.78. The van der Waals surface area contributed by atoms with Crippen LogP contribution < -0.4 is 4.74 Å². The number of benzene rings is 2. The number of esters is 2. The second kappa shape index (κ2) is 12.0. The molecule has 0 aliphatic carbocycles. The second-order valence-electron chi connectivity index (χ2n) is 8.04. The van der Waals surface area contributed by atoms with Gasteiger partial charge in [-0.3, -0.25) is 0 Å². The van der Waals surface area contributed by atoms with Gasteiger partial charge in [-0.05, 0) is 55.2 Å². The van der Waals surface area contributed by atoms with Crippen molar-refractivity contribution in [3.05, 3.63) is 90.3 Å². The number of ether oxygens (including phenoxy) is 3. The minimum Gasteiger partial charge on any atom is -0.462 e. The lowest BCUT2D eigenvalue weighted by atomic mass is 9.97. The van der Waals surface area contributed by atoms with Crippen LogP contribution in [0.15, 0.2) is 78.9 Å². The number of aliphatic hydroxyl groups is 1. The molecule has 0 saturated heterocycles. The average molecular weight is 469 g/mol. The summed E-state index contributed by atoms with van der Waals surface area (Å²) in [5.74, 6) is -2.21. The summed E-state index contributed by atoms with van der Waals surface area (Å²) < 4.78 is 30.2. The van der Waals surface area contributed by atoms with Gasteiger partial charge in [0, 0.05) is 11.1 Å². The monoisotopic (exact) mass is 468 g/mol. The van der Waals surface area contributed by atoms with E-state index < -0.39 is 30.0 Å². The summed E-state index contributed by atoms with van der Waals surface area (Å²) in [7, 11) is 0. The zero-order valence-electron chi connectivity index (χ0n) is 19.6. The Labute approximate surface area is 199 Å². The van der Waals surface area contributed by atoms with E-state index in [0.29, 0.717) is 11.1 Å². The third-order valence-corrected chi connectivity index (χ3v) is 4.84. The molecular weight excluding hydrogens is 439 g/mol. The van der Waals surface area contributed by atoms with E-state index >= 15 is 0 Å². The Bertz CT molecular complexity index is 1060. The first-order chi connectivity index (χ1) is 16.0. The lowest BCUT2D eigenvalue weighted by Gasteiger charge is -2.18. The second-order valence-corrected chi connectivity index (χ2v) is 8.04. The van der Waals surface area contributed by atoms with E-state index in [1.54, 1.807) is 51.1 Å². The van der Waals surface area contributed by atoms with Crippen molar-refractivity contribution in [2.24, 2.45) is 0 Å². The molecule has 180 valence electrons. The maximum atomic E-state index is 14.5. The summed E-state index contributed by atoms with van der Waals surface area (Å²) >= 11 is 0. The molecule has 1 N–H and O–H groups in total. The quantitative estimate of drug-likeness (QED) is 0.214. The van der Waals surface area contributed by atoms with E-state index in [2.05, 4.69) is 19.7 Å². The topological polar surface area (TPSA) is 82.1 Å². The van der Waals surface area contributed by atoms with Crippen LogP contribution in [0.1, 0.15) is 32.3 Å².